The van der Waals surface area contributed by atoms with Crippen molar-refractivity contribution in [3.05, 3.63) is 22.4 Å². The van der Waals surface area contributed by atoms with Gasteiger partial charge in [0.25, 0.3) is 0 Å². The first-order valence-electron chi connectivity index (χ1n) is 5.09. The van der Waals surface area contributed by atoms with Gasteiger partial charge in [-0.15, -0.1) is 11.3 Å². The number of hydrogen-bond donors (Lipinski definition) is 2. The summed E-state index contributed by atoms with van der Waals surface area (Å²) in [6, 6.07) is 4.17. The number of aliphatic hydroxyl groups is 1. The van der Waals surface area contributed by atoms with E-state index in [1.54, 1.807) is 11.3 Å². The molecule has 0 aliphatic carbocycles. The lowest BCUT2D eigenvalue weighted by atomic mass is 10.00. The topological polar surface area (TPSA) is 32.3 Å². The van der Waals surface area contributed by atoms with Gasteiger partial charge in [-0.1, -0.05) is 13.0 Å². The summed E-state index contributed by atoms with van der Waals surface area (Å²) in [6.07, 6.45) is 1.79. The van der Waals surface area contributed by atoms with Crippen molar-refractivity contribution >= 4 is 11.3 Å². The van der Waals surface area contributed by atoms with Crippen LogP contribution >= 0.6 is 11.3 Å². The van der Waals surface area contributed by atoms with Crippen LogP contribution in [0.3, 0.4) is 0 Å². The van der Waals surface area contributed by atoms with Crippen LogP contribution in [0.1, 0.15) is 25.1 Å². The van der Waals surface area contributed by atoms with Gasteiger partial charge in [0.2, 0.25) is 0 Å². The first kappa shape index (κ1) is 11.7. The number of thiophene rings is 1. The fraction of sp³-hybridized carbons (Fsp3) is 0.636. The van der Waals surface area contributed by atoms with Gasteiger partial charge in [0.1, 0.15) is 0 Å². The van der Waals surface area contributed by atoms with Crippen molar-refractivity contribution in [3.8, 4) is 0 Å². The molecule has 0 bridgehead atoms. The van der Waals surface area contributed by atoms with E-state index in [-0.39, 0.29) is 0 Å². The van der Waals surface area contributed by atoms with Crippen molar-refractivity contribution in [3.63, 3.8) is 0 Å². The second kappa shape index (κ2) is 5.49. The minimum atomic E-state index is -0.583. The molecule has 1 aromatic rings. The van der Waals surface area contributed by atoms with Crippen LogP contribution in [-0.2, 0) is 6.42 Å². The molecule has 0 fully saturated rings. The maximum atomic E-state index is 9.99. The van der Waals surface area contributed by atoms with E-state index in [2.05, 4.69) is 29.8 Å². The Morgan fingerprint density at radius 2 is 2.36 bits per heavy atom. The smallest absolute Gasteiger partial charge is 0.0747 e. The quantitative estimate of drug-likeness (QED) is 0.758. The van der Waals surface area contributed by atoms with E-state index in [1.807, 2.05) is 6.92 Å². The van der Waals surface area contributed by atoms with Crippen LogP contribution < -0.4 is 5.32 Å². The van der Waals surface area contributed by atoms with Gasteiger partial charge in [0.05, 0.1) is 5.60 Å². The van der Waals surface area contributed by atoms with Crippen molar-refractivity contribution in [1.82, 2.24) is 5.32 Å². The van der Waals surface area contributed by atoms with Gasteiger partial charge in [0.15, 0.2) is 0 Å². The lowest BCUT2D eigenvalue weighted by molar-refractivity contribution is 0.0519. The van der Waals surface area contributed by atoms with Crippen LogP contribution in [0.4, 0.5) is 0 Å². The highest BCUT2D eigenvalue weighted by molar-refractivity contribution is 7.09. The van der Waals surface area contributed by atoms with E-state index < -0.39 is 5.60 Å². The highest BCUT2D eigenvalue weighted by Crippen LogP contribution is 2.16. The Morgan fingerprint density at radius 3 is 2.93 bits per heavy atom. The van der Waals surface area contributed by atoms with Crippen LogP contribution in [0, 0.1) is 0 Å². The fourth-order valence-electron chi connectivity index (χ4n) is 1.33. The lowest BCUT2D eigenvalue weighted by Gasteiger charge is -2.23. The minimum Gasteiger partial charge on any atom is -0.389 e. The molecule has 0 aliphatic heterocycles. The summed E-state index contributed by atoms with van der Waals surface area (Å²) in [6.45, 7) is 5.53. The number of hydrogen-bond acceptors (Lipinski definition) is 3. The number of likely N-dealkylation sites (N-methyl/N-ethyl adjacent to an activating group) is 1. The van der Waals surface area contributed by atoms with Gasteiger partial charge in [-0.3, -0.25) is 0 Å². The summed E-state index contributed by atoms with van der Waals surface area (Å²) < 4.78 is 0. The van der Waals surface area contributed by atoms with Crippen LogP contribution in [0.2, 0.25) is 0 Å². The van der Waals surface area contributed by atoms with Crippen molar-refractivity contribution in [2.24, 2.45) is 0 Å². The van der Waals surface area contributed by atoms with Gasteiger partial charge in [-0.2, -0.15) is 0 Å². The van der Waals surface area contributed by atoms with Gasteiger partial charge in [0, 0.05) is 11.4 Å². The largest absolute Gasteiger partial charge is 0.389 e. The SMILES string of the molecule is CCNCC(C)(O)CCc1cccs1. The molecule has 0 saturated carbocycles. The predicted molar refractivity (Wildman–Crippen MR) is 61.8 cm³/mol. The third-order valence-electron chi connectivity index (χ3n) is 2.25. The molecule has 80 valence electrons. The molecule has 1 heterocycles. The fourth-order valence-corrected chi connectivity index (χ4v) is 2.04. The van der Waals surface area contributed by atoms with Crippen molar-refractivity contribution in [2.45, 2.75) is 32.3 Å². The molecule has 2 nitrogen and oxygen atoms in total. The van der Waals surface area contributed by atoms with Crippen LogP contribution in [-0.4, -0.2) is 23.8 Å². The van der Waals surface area contributed by atoms with E-state index in [0.29, 0.717) is 6.54 Å². The molecule has 0 saturated heterocycles. The third-order valence-corrected chi connectivity index (χ3v) is 3.18. The summed E-state index contributed by atoms with van der Waals surface area (Å²) in [5, 5.41) is 15.2. The standard InChI is InChI=1S/C11H19NOS/c1-3-12-9-11(2,13)7-6-10-5-4-8-14-10/h4-5,8,12-13H,3,6-7,9H2,1-2H3. The predicted octanol–water partition coefficient (Wildman–Crippen LogP) is 2.04. The molecule has 1 atom stereocenters. The molecule has 3 heteroatoms. The molecule has 2 N–H and O–H groups in total. The maximum absolute atomic E-state index is 9.99. The second-order valence-electron chi connectivity index (χ2n) is 3.86. The zero-order valence-corrected chi connectivity index (χ0v) is 9.73. The van der Waals surface area contributed by atoms with Gasteiger partial charge < -0.3 is 10.4 Å². The molecule has 1 aromatic heterocycles. The Hall–Kier alpha value is -0.380. The monoisotopic (exact) mass is 213 g/mol. The Bertz CT molecular complexity index is 244. The van der Waals surface area contributed by atoms with Crippen molar-refractivity contribution in [1.29, 1.82) is 0 Å². The third kappa shape index (κ3) is 4.22. The van der Waals surface area contributed by atoms with Crippen molar-refractivity contribution in [2.75, 3.05) is 13.1 Å². The van der Waals surface area contributed by atoms with E-state index in [0.717, 1.165) is 19.4 Å². The number of nitrogens with one attached hydrogen (secondary N) is 1. The molecular formula is C11H19NOS. The molecule has 0 spiro atoms. The Labute approximate surface area is 90.0 Å². The molecule has 0 aromatic carbocycles. The number of aryl methyl sites for hydroxylation is 1. The summed E-state index contributed by atoms with van der Waals surface area (Å²) in [4.78, 5) is 1.35. The molecule has 1 unspecified atom stereocenters. The van der Waals surface area contributed by atoms with Crippen LogP contribution in [0.5, 0.6) is 0 Å². The Balaban J connectivity index is 2.28. The highest BCUT2D eigenvalue weighted by atomic mass is 32.1. The first-order chi connectivity index (χ1) is 6.64. The molecular weight excluding hydrogens is 194 g/mol. The Kier molecular flexibility index (Phi) is 4.58. The molecule has 1 rings (SSSR count). The van der Waals surface area contributed by atoms with E-state index in [4.69, 9.17) is 0 Å². The lowest BCUT2D eigenvalue weighted by Crippen LogP contribution is -2.38. The zero-order valence-electron chi connectivity index (χ0n) is 8.92. The minimum absolute atomic E-state index is 0.583. The summed E-state index contributed by atoms with van der Waals surface area (Å²) in [5.41, 5.74) is -0.583. The summed E-state index contributed by atoms with van der Waals surface area (Å²) in [5.74, 6) is 0. The van der Waals surface area contributed by atoms with Crippen molar-refractivity contribution < 1.29 is 5.11 Å². The average Bonchev–Trinajstić information content (AvgIpc) is 2.64. The zero-order chi connectivity index (χ0) is 10.4. The van der Waals surface area contributed by atoms with Gasteiger partial charge in [-0.25, -0.2) is 0 Å². The molecule has 0 amide bonds. The normalized spacial score (nSPS) is 15.4. The van der Waals surface area contributed by atoms with E-state index in [1.165, 1.54) is 4.88 Å². The highest BCUT2D eigenvalue weighted by Gasteiger charge is 2.19. The molecule has 0 radical (unpaired) electrons. The van der Waals surface area contributed by atoms with Crippen LogP contribution in [0.15, 0.2) is 17.5 Å². The van der Waals surface area contributed by atoms with Gasteiger partial charge in [-0.05, 0) is 37.8 Å². The second-order valence-corrected chi connectivity index (χ2v) is 4.89. The molecule has 0 aliphatic rings. The average molecular weight is 213 g/mol. The number of rotatable bonds is 6. The summed E-state index contributed by atoms with van der Waals surface area (Å²) >= 11 is 1.76. The van der Waals surface area contributed by atoms with E-state index in [9.17, 15) is 5.11 Å². The maximum Gasteiger partial charge on any atom is 0.0747 e. The molecule has 14 heavy (non-hydrogen) atoms. The summed E-state index contributed by atoms with van der Waals surface area (Å²) in [7, 11) is 0. The Morgan fingerprint density at radius 1 is 1.57 bits per heavy atom. The van der Waals surface area contributed by atoms with Crippen LogP contribution in [0.25, 0.3) is 0 Å². The first-order valence-corrected chi connectivity index (χ1v) is 5.97. The van der Waals surface area contributed by atoms with E-state index >= 15 is 0 Å². The van der Waals surface area contributed by atoms with Gasteiger partial charge >= 0.3 is 0 Å².